The van der Waals surface area contributed by atoms with Gasteiger partial charge in [0, 0.05) is 0 Å². The van der Waals surface area contributed by atoms with Crippen LogP contribution in [0.2, 0.25) is 0 Å². The monoisotopic (exact) mass is 368 g/mol. The molecule has 5 aliphatic carbocycles. The molecule has 4 heteroatoms. The van der Waals surface area contributed by atoms with E-state index in [1.54, 1.807) is 0 Å². The highest BCUT2D eigenvalue weighted by Crippen LogP contribution is 2.77. The smallest absolute Gasteiger partial charge is 0.178 e. The van der Waals surface area contributed by atoms with Gasteiger partial charge in [-0.1, -0.05) is 54.6 Å². The third kappa shape index (κ3) is 1.24. The summed E-state index contributed by atoms with van der Waals surface area (Å²) in [5, 5.41) is 21.1. The Kier molecular flexibility index (Phi) is 2.44. The molecule has 2 aromatic carbocycles. The van der Waals surface area contributed by atoms with Crippen molar-refractivity contribution in [2.45, 2.75) is 15.7 Å². The zero-order valence-corrected chi connectivity index (χ0v) is 14.9. The van der Waals surface area contributed by atoms with Crippen LogP contribution in [0.15, 0.2) is 60.7 Å². The highest BCUT2D eigenvalue weighted by molar-refractivity contribution is 6.40. The van der Waals surface area contributed by atoms with E-state index in [9.17, 15) is 15.3 Å². The van der Waals surface area contributed by atoms with Crippen LogP contribution in [0.3, 0.4) is 0 Å². The first-order valence-corrected chi connectivity index (χ1v) is 9.41. The molecule has 1 saturated carbocycles. The summed E-state index contributed by atoms with van der Waals surface area (Å²) in [6.45, 7) is 0. The van der Waals surface area contributed by atoms with Crippen molar-refractivity contribution in [2.75, 3.05) is 0 Å². The molecule has 0 amide bonds. The maximum absolute atomic E-state index is 13.2. The fourth-order valence-corrected chi connectivity index (χ4v) is 6.90. The molecular formula is C23H13ClN2O. The van der Waals surface area contributed by atoms with Crippen molar-refractivity contribution >= 4 is 17.4 Å². The summed E-state index contributed by atoms with van der Waals surface area (Å²) in [5.74, 6) is -0.525. The molecule has 27 heavy (non-hydrogen) atoms. The van der Waals surface area contributed by atoms with Gasteiger partial charge in [0.2, 0.25) is 0 Å². The van der Waals surface area contributed by atoms with E-state index >= 15 is 0 Å². The summed E-state index contributed by atoms with van der Waals surface area (Å²) >= 11 is 7.24. The SMILES string of the molecule is N#CC12c3ccccc3C(C#N)(c3ccccc31)C1(Cl)C(=O)C=CC3C2C31. The standard InChI is InChI=1S/C23H13ClN2O/c24-23-18(27)10-9-13-19(20(13)23)21(11-25)14-5-1-3-7-16(14)22(23,12-26)17-8-4-2-6-15(17)21/h1-10,13,19-20H. The van der Waals surface area contributed by atoms with Crippen LogP contribution in [-0.4, -0.2) is 10.7 Å². The van der Waals surface area contributed by atoms with Gasteiger partial charge in [0.25, 0.3) is 0 Å². The van der Waals surface area contributed by atoms with Crippen molar-refractivity contribution in [1.82, 2.24) is 0 Å². The van der Waals surface area contributed by atoms with Crippen LogP contribution in [0.25, 0.3) is 0 Å². The number of hydrogen-bond donors (Lipinski definition) is 0. The number of allylic oxidation sites excluding steroid dienone is 2. The van der Waals surface area contributed by atoms with E-state index in [-0.39, 0.29) is 23.5 Å². The minimum atomic E-state index is -1.40. The van der Waals surface area contributed by atoms with E-state index in [0.29, 0.717) is 11.1 Å². The Bertz CT molecular complexity index is 1140. The Morgan fingerprint density at radius 3 is 1.93 bits per heavy atom. The molecule has 0 N–H and O–H groups in total. The molecule has 0 spiro atoms. The third-order valence-electron chi connectivity index (χ3n) is 7.26. The lowest BCUT2D eigenvalue weighted by Gasteiger charge is -2.47. The van der Waals surface area contributed by atoms with Crippen LogP contribution >= 0.6 is 11.6 Å². The minimum absolute atomic E-state index is 0.0364. The number of rotatable bonds is 0. The molecule has 128 valence electrons. The second-order valence-corrected chi connectivity index (χ2v) is 8.53. The predicted octanol–water partition coefficient (Wildman–Crippen LogP) is 3.61. The first kappa shape index (κ1) is 15.2. The summed E-state index contributed by atoms with van der Waals surface area (Å²) < 4.78 is 0. The lowest BCUT2D eigenvalue weighted by molar-refractivity contribution is -0.119. The van der Waals surface area contributed by atoms with Crippen LogP contribution in [0, 0.1) is 40.4 Å². The second-order valence-electron chi connectivity index (χ2n) is 7.94. The molecule has 4 atom stereocenters. The molecule has 2 aromatic rings. The molecular weight excluding hydrogens is 356 g/mol. The quantitative estimate of drug-likeness (QED) is 0.667. The minimum Gasteiger partial charge on any atom is -0.293 e. The highest BCUT2D eigenvalue weighted by Gasteiger charge is 2.82. The molecule has 0 saturated heterocycles. The van der Waals surface area contributed by atoms with Crippen molar-refractivity contribution in [3.8, 4) is 12.1 Å². The summed E-state index contributed by atoms with van der Waals surface area (Å²) in [4.78, 5) is 11.8. The van der Waals surface area contributed by atoms with Gasteiger partial charge in [-0.05, 0) is 46.1 Å². The third-order valence-corrected chi connectivity index (χ3v) is 7.99. The molecule has 3 nitrogen and oxygen atoms in total. The Morgan fingerprint density at radius 1 is 0.852 bits per heavy atom. The summed E-state index contributed by atoms with van der Waals surface area (Å²) in [6, 6.07) is 20.2. The van der Waals surface area contributed by atoms with Crippen molar-refractivity contribution < 1.29 is 4.79 Å². The number of hydrogen-bond acceptors (Lipinski definition) is 3. The molecule has 1 fully saturated rings. The Morgan fingerprint density at radius 2 is 1.41 bits per heavy atom. The molecule has 4 unspecified atom stereocenters. The van der Waals surface area contributed by atoms with Crippen LogP contribution in [0.5, 0.6) is 0 Å². The fourth-order valence-electron chi connectivity index (χ4n) is 6.31. The highest BCUT2D eigenvalue weighted by atomic mass is 35.5. The molecule has 0 aliphatic heterocycles. The normalized spacial score (nSPS) is 41.4. The maximum atomic E-state index is 13.2. The van der Waals surface area contributed by atoms with Gasteiger partial charge in [0.05, 0.1) is 12.1 Å². The topological polar surface area (TPSA) is 64.7 Å². The van der Waals surface area contributed by atoms with Crippen molar-refractivity contribution in [3.63, 3.8) is 0 Å². The van der Waals surface area contributed by atoms with E-state index in [0.717, 1.165) is 11.1 Å². The zero-order chi connectivity index (χ0) is 18.6. The number of nitriles is 2. The fraction of sp³-hybridized carbons (Fsp3) is 0.261. The van der Waals surface area contributed by atoms with Gasteiger partial charge in [-0.3, -0.25) is 4.79 Å². The van der Waals surface area contributed by atoms with Crippen molar-refractivity contribution in [2.24, 2.45) is 17.8 Å². The van der Waals surface area contributed by atoms with Crippen LogP contribution in [-0.2, 0) is 15.6 Å². The second kappa shape index (κ2) is 4.33. The zero-order valence-electron chi connectivity index (χ0n) is 14.2. The average Bonchev–Trinajstić information content (AvgIpc) is 3.46. The largest absolute Gasteiger partial charge is 0.293 e. The molecule has 2 bridgehead atoms. The number of nitrogens with zero attached hydrogens (tertiary/aromatic N) is 2. The number of ketones is 1. The Balaban J connectivity index is 1.92. The van der Waals surface area contributed by atoms with Crippen LogP contribution in [0.4, 0.5) is 0 Å². The van der Waals surface area contributed by atoms with Gasteiger partial charge in [-0.2, -0.15) is 10.5 Å². The Hall–Kier alpha value is -2.88. The number of carbonyl (C=O) groups is 1. The van der Waals surface area contributed by atoms with E-state index < -0.39 is 15.7 Å². The predicted molar refractivity (Wildman–Crippen MR) is 98.9 cm³/mol. The summed E-state index contributed by atoms with van der Waals surface area (Å²) in [6.07, 6.45) is 3.43. The number of alkyl halides is 1. The van der Waals surface area contributed by atoms with Gasteiger partial charge < -0.3 is 0 Å². The molecule has 0 radical (unpaired) electrons. The van der Waals surface area contributed by atoms with Gasteiger partial charge in [-0.15, -0.1) is 11.6 Å². The first-order chi connectivity index (χ1) is 13.1. The molecule has 0 aromatic heterocycles. The van der Waals surface area contributed by atoms with Crippen molar-refractivity contribution in [1.29, 1.82) is 10.5 Å². The molecule has 0 heterocycles. The van der Waals surface area contributed by atoms with E-state index in [1.807, 2.05) is 54.6 Å². The van der Waals surface area contributed by atoms with Crippen LogP contribution in [0.1, 0.15) is 22.3 Å². The van der Waals surface area contributed by atoms with Gasteiger partial charge in [0.15, 0.2) is 5.78 Å². The Labute approximate surface area is 161 Å². The average molecular weight is 369 g/mol. The first-order valence-electron chi connectivity index (χ1n) is 9.03. The molecule has 5 aliphatic rings. The molecule has 7 rings (SSSR count). The maximum Gasteiger partial charge on any atom is 0.178 e. The lowest BCUT2D eigenvalue weighted by Crippen LogP contribution is -2.57. The van der Waals surface area contributed by atoms with E-state index in [2.05, 4.69) is 12.1 Å². The summed E-state index contributed by atoms with van der Waals surface area (Å²) in [7, 11) is 0. The van der Waals surface area contributed by atoms with E-state index in [4.69, 9.17) is 11.6 Å². The van der Waals surface area contributed by atoms with Crippen LogP contribution < -0.4 is 0 Å². The van der Waals surface area contributed by atoms with Gasteiger partial charge in [0.1, 0.15) is 15.7 Å². The number of halogens is 1. The number of carbonyl (C=O) groups excluding carboxylic acids is 1. The number of benzene rings is 2. The van der Waals surface area contributed by atoms with Gasteiger partial charge >= 0.3 is 0 Å². The summed E-state index contributed by atoms with van der Waals surface area (Å²) in [5.41, 5.74) is 0.869. The van der Waals surface area contributed by atoms with Crippen molar-refractivity contribution in [3.05, 3.63) is 82.9 Å². The van der Waals surface area contributed by atoms with Gasteiger partial charge in [-0.25, -0.2) is 0 Å². The van der Waals surface area contributed by atoms with E-state index in [1.165, 1.54) is 6.08 Å². The lowest BCUT2D eigenvalue weighted by atomic mass is 9.54.